The van der Waals surface area contributed by atoms with E-state index in [-0.39, 0.29) is 18.6 Å². The summed E-state index contributed by atoms with van der Waals surface area (Å²) in [5.74, 6) is 1.96. The van der Waals surface area contributed by atoms with Gasteiger partial charge < -0.3 is 20.9 Å². The third kappa shape index (κ3) is 4.28. The fraction of sp³-hybridized carbons (Fsp3) is 0.421. The molecule has 3 aromatic rings. The van der Waals surface area contributed by atoms with E-state index in [2.05, 4.69) is 27.3 Å². The van der Waals surface area contributed by atoms with E-state index >= 15 is 0 Å². The summed E-state index contributed by atoms with van der Waals surface area (Å²) in [5, 5.41) is 17.1. The third-order valence-electron chi connectivity index (χ3n) is 4.64. The van der Waals surface area contributed by atoms with Gasteiger partial charge in [-0.3, -0.25) is 4.68 Å². The molecule has 0 saturated heterocycles. The Kier molecular flexibility index (Phi) is 6.53. The summed E-state index contributed by atoms with van der Waals surface area (Å²) in [6, 6.07) is 5.92. The molecule has 0 aliphatic carbocycles. The fourth-order valence-corrected chi connectivity index (χ4v) is 3.33. The number of methoxy groups -OCH3 is 1. The van der Waals surface area contributed by atoms with Gasteiger partial charge in [0.15, 0.2) is 5.82 Å². The minimum absolute atomic E-state index is 0.0694. The zero-order valence-electron chi connectivity index (χ0n) is 16.0. The predicted molar refractivity (Wildman–Crippen MR) is 111 cm³/mol. The fourth-order valence-electron chi connectivity index (χ4n) is 3.16. The number of nitrogens with one attached hydrogen (secondary N) is 1. The Balaban J connectivity index is 2.03. The average Bonchev–Trinajstić information content (AvgIpc) is 3.09. The number of nitrogens with two attached hydrogens (primary N) is 1. The maximum atomic E-state index is 9.29. The molecule has 0 aliphatic rings. The van der Waals surface area contributed by atoms with Crippen molar-refractivity contribution in [2.24, 2.45) is 0 Å². The number of hydrogen-bond acceptors (Lipinski definition) is 7. The highest BCUT2D eigenvalue weighted by Crippen LogP contribution is 2.27. The molecule has 9 heteroatoms. The Hall–Kier alpha value is -2.58. The Morgan fingerprint density at radius 1 is 1.36 bits per heavy atom. The number of anilines is 2. The number of ether oxygens (including phenoxy) is 1. The number of aliphatic hydroxyl groups is 1. The summed E-state index contributed by atoms with van der Waals surface area (Å²) < 4.78 is 7.31. The molecule has 2 heterocycles. The number of aromatic nitrogens is 4. The summed E-state index contributed by atoms with van der Waals surface area (Å²) in [5.41, 5.74) is 9.24. The van der Waals surface area contributed by atoms with Crippen LogP contribution in [-0.2, 0) is 12.4 Å². The smallest absolute Gasteiger partial charge is 0.222 e. The summed E-state index contributed by atoms with van der Waals surface area (Å²) >= 11 is 5.99. The first-order chi connectivity index (χ1) is 13.6. The van der Waals surface area contributed by atoms with E-state index in [1.165, 1.54) is 0 Å². The van der Waals surface area contributed by atoms with Gasteiger partial charge in [-0.1, -0.05) is 13.0 Å². The van der Waals surface area contributed by atoms with Crippen molar-refractivity contribution in [3.8, 4) is 5.75 Å². The van der Waals surface area contributed by atoms with Gasteiger partial charge in [0.2, 0.25) is 5.95 Å². The van der Waals surface area contributed by atoms with Gasteiger partial charge in [-0.25, -0.2) is 4.98 Å². The van der Waals surface area contributed by atoms with Gasteiger partial charge in [0.1, 0.15) is 16.8 Å². The first-order valence-electron chi connectivity index (χ1n) is 9.17. The molecule has 0 radical (unpaired) electrons. The zero-order valence-corrected chi connectivity index (χ0v) is 16.8. The Morgan fingerprint density at radius 3 is 2.86 bits per heavy atom. The summed E-state index contributed by atoms with van der Waals surface area (Å²) in [7, 11) is 1.64. The number of nitrogens with zero attached hydrogens (tertiary/aromatic N) is 4. The van der Waals surface area contributed by atoms with Crippen molar-refractivity contribution in [1.29, 1.82) is 0 Å². The van der Waals surface area contributed by atoms with E-state index in [1.54, 1.807) is 13.3 Å². The topological polar surface area (TPSA) is 111 Å². The zero-order chi connectivity index (χ0) is 20.1. The summed E-state index contributed by atoms with van der Waals surface area (Å²) in [6.45, 7) is 2.61. The molecular formula is C19H25ClN6O2. The molecular weight excluding hydrogens is 380 g/mol. The van der Waals surface area contributed by atoms with Gasteiger partial charge in [0.25, 0.3) is 0 Å². The molecule has 8 nitrogen and oxygen atoms in total. The first kappa shape index (κ1) is 20.2. The van der Waals surface area contributed by atoms with Gasteiger partial charge in [0.05, 0.1) is 19.9 Å². The minimum Gasteiger partial charge on any atom is -0.496 e. The van der Waals surface area contributed by atoms with Crippen molar-refractivity contribution >= 4 is 34.4 Å². The van der Waals surface area contributed by atoms with Crippen LogP contribution in [0.3, 0.4) is 0 Å². The van der Waals surface area contributed by atoms with E-state index in [9.17, 15) is 5.11 Å². The van der Waals surface area contributed by atoms with Crippen molar-refractivity contribution in [2.75, 3.05) is 24.8 Å². The van der Waals surface area contributed by atoms with Gasteiger partial charge in [-0.05, 0) is 30.5 Å². The highest BCUT2D eigenvalue weighted by Gasteiger charge is 2.17. The van der Waals surface area contributed by atoms with Crippen LogP contribution in [0, 0.1) is 0 Å². The molecule has 1 aromatic carbocycles. The van der Waals surface area contributed by atoms with E-state index < -0.39 is 0 Å². The van der Waals surface area contributed by atoms with Crippen molar-refractivity contribution in [3.05, 3.63) is 35.5 Å². The van der Waals surface area contributed by atoms with Crippen LogP contribution in [0.5, 0.6) is 5.75 Å². The van der Waals surface area contributed by atoms with E-state index in [1.807, 2.05) is 22.9 Å². The minimum atomic E-state index is 0.0694. The highest BCUT2D eigenvalue weighted by atomic mass is 35.5. The normalized spacial score (nSPS) is 12.3. The molecule has 0 amide bonds. The van der Waals surface area contributed by atoms with E-state index in [0.29, 0.717) is 30.2 Å². The molecule has 2 aromatic heterocycles. The molecule has 0 saturated carbocycles. The Labute approximate surface area is 168 Å². The first-order valence-corrected chi connectivity index (χ1v) is 9.71. The lowest BCUT2D eigenvalue weighted by molar-refractivity contribution is 0.278. The number of halogens is 1. The Morgan fingerprint density at radius 2 is 2.18 bits per heavy atom. The molecule has 150 valence electrons. The van der Waals surface area contributed by atoms with Crippen LogP contribution in [0.25, 0.3) is 11.0 Å². The molecule has 28 heavy (non-hydrogen) atoms. The monoisotopic (exact) mass is 404 g/mol. The second-order valence-electron chi connectivity index (χ2n) is 6.51. The van der Waals surface area contributed by atoms with Crippen LogP contribution >= 0.6 is 11.6 Å². The number of benzene rings is 1. The van der Waals surface area contributed by atoms with Crippen LogP contribution in [0.15, 0.2) is 24.4 Å². The van der Waals surface area contributed by atoms with Crippen LogP contribution in [0.4, 0.5) is 11.8 Å². The van der Waals surface area contributed by atoms with E-state index in [4.69, 9.17) is 22.1 Å². The SMILES string of the molecule is CCC(CCO)Nc1nc(N)nc2cnn(Cc3cc(CCl)ccc3OC)c12. The van der Waals surface area contributed by atoms with Crippen LogP contribution in [0.1, 0.15) is 30.9 Å². The van der Waals surface area contributed by atoms with Gasteiger partial charge in [-0.2, -0.15) is 10.1 Å². The standard InChI is InChI=1S/C19H25ClN6O2/c1-3-14(6-7-27)23-18-17-15(24-19(21)25-18)10-22-26(17)11-13-8-12(9-20)4-5-16(13)28-2/h4-5,8,10,14,27H,3,6-7,9,11H2,1-2H3,(H3,21,23,24,25). The average molecular weight is 405 g/mol. The number of aliphatic hydroxyl groups excluding tert-OH is 1. The number of hydrogen-bond donors (Lipinski definition) is 3. The van der Waals surface area contributed by atoms with E-state index in [0.717, 1.165) is 28.8 Å². The van der Waals surface area contributed by atoms with Gasteiger partial charge in [-0.15, -0.1) is 11.6 Å². The second kappa shape index (κ2) is 9.07. The lowest BCUT2D eigenvalue weighted by Crippen LogP contribution is -2.21. The molecule has 0 bridgehead atoms. The number of nitrogen functional groups attached to an aromatic ring is 1. The van der Waals surface area contributed by atoms with Gasteiger partial charge >= 0.3 is 0 Å². The predicted octanol–water partition coefficient (Wildman–Crippen LogP) is 2.78. The molecule has 0 aliphatic heterocycles. The van der Waals surface area contributed by atoms with Crippen LogP contribution in [-0.4, -0.2) is 44.6 Å². The van der Waals surface area contributed by atoms with Crippen molar-refractivity contribution in [3.63, 3.8) is 0 Å². The lowest BCUT2D eigenvalue weighted by Gasteiger charge is -2.18. The molecule has 1 atom stereocenters. The van der Waals surface area contributed by atoms with Crippen LogP contribution in [0.2, 0.25) is 0 Å². The molecule has 0 spiro atoms. The van der Waals surface area contributed by atoms with Gasteiger partial charge in [0, 0.05) is 24.1 Å². The summed E-state index contributed by atoms with van der Waals surface area (Å²) in [6.07, 6.45) is 3.12. The quantitative estimate of drug-likeness (QED) is 0.470. The lowest BCUT2D eigenvalue weighted by atomic mass is 10.1. The van der Waals surface area contributed by atoms with Crippen molar-refractivity contribution in [2.45, 2.75) is 38.2 Å². The Bertz CT molecular complexity index is 946. The second-order valence-corrected chi connectivity index (χ2v) is 6.78. The highest BCUT2D eigenvalue weighted by molar-refractivity contribution is 6.17. The number of rotatable bonds is 9. The molecule has 3 rings (SSSR count). The third-order valence-corrected chi connectivity index (χ3v) is 4.94. The number of alkyl halides is 1. The van der Waals surface area contributed by atoms with Crippen molar-refractivity contribution < 1.29 is 9.84 Å². The molecule has 4 N–H and O–H groups in total. The molecule has 0 fully saturated rings. The van der Waals surface area contributed by atoms with Crippen LogP contribution < -0.4 is 15.8 Å². The maximum absolute atomic E-state index is 9.29. The van der Waals surface area contributed by atoms with Crippen molar-refractivity contribution in [1.82, 2.24) is 19.7 Å². The number of fused-ring (bicyclic) bond motifs is 1. The largest absolute Gasteiger partial charge is 0.496 e. The summed E-state index contributed by atoms with van der Waals surface area (Å²) in [4.78, 5) is 8.68. The molecule has 1 unspecified atom stereocenters. The maximum Gasteiger partial charge on any atom is 0.222 e.